The molecule has 20 heavy (non-hydrogen) atoms. The van der Waals surface area contributed by atoms with Gasteiger partial charge in [0.1, 0.15) is 11.7 Å². The molecule has 1 aromatic rings. The number of amides is 3. The molecule has 5 N–H and O–H groups in total. The molecule has 0 spiro atoms. The number of urea groups is 1. The molecule has 1 saturated carbocycles. The van der Waals surface area contributed by atoms with Gasteiger partial charge in [-0.05, 0) is 28.1 Å². The summed E-state index contributed by atoms with van der Waals surface area (Å²) in [6.45, 7) is 0. The van der Waals surface area contributed by atoms with Crippen LogP contribution in [0.3, 0.4) is 0 Å². The molecule has 1 saturated heterocycles. The van der Waals surface area contributed by atoms with E-state index >= 15 is 0 Å². The molecule has 0 radical (unpaired) electrons. The third kappa shape index (κ3) is 1.18. The summed E-state index contributed by atoms with van der Waals surface area (Å²) in [6, 6.07) is 1.51. The molecule has 0 bridgehead atoms. The molecule has 9 heteroatoms. The van der Waals surface area contributed by atoms with Gasteiger partial charge < -0.3 is 30.7 Å². The Morgan fingerprint density at radius 1 is 1.30 bits per heavy atom. The number of nitrogens with zero attached hydrogens (tertiary/aromatic N) is 1. The Labute approximate surface area is 121 Å². The predicted molar refractivity (Wildman–Crippen MR) is 68.6 cm³/mol. The van der Waals surface area contributed by atoms with Gasteiger partial charge in [0.25, 0.3) is 5.91 Å². The van der Waals surface area contributed by atoms with Crippen LogP contribution in [0.25, 0.3) is 0 Å². The number of hydrogen-bond donors (Lipinski definition) is 5. The average Bonchev–Trinajstić information content (AvgIpc) is 2.89. The molecule has 3 amide bonds. The monoisotopic (exact) mass is 342 g/mol. The molecular formula is C11H11BrN4O4. The minimum absolute atomic E-state index is 0.0769. The Bertz CT molecular complexity index is 661. The maximum atomic E-state index is 12.1. The summed E-state index contributed by atoms with van der Waals surface area (Å²) < 4.78 is 2.39. The lowest BCUT2D eigenvalue weighted by Gasteiger charge is -2.37. The highest BCUT2D eigenvalue weighted by Gasteiger charge is 2.70. The molecule has 4 atom stereocenters. The molecule has 3 aliphatic rings. The van der Waals surface area contributed by atoms with E-state index in [1.165, 1.54) is 0 Å². The number of aliphatic hydroxyl groups is 2. The predicted octanol–water partition coefficient (Wildman–Crippen LogP) is -1.00. The third-order valence-corrected chi connectivity index (χ3v) is 4.96. The van der Waals surface area contributed by atoms with E-state index < -0.39 is 23.5 Å². The fourth-order valence-corrected chi connectivity index (χ4v) is 4.02. The van der Waals surface area contributed by atoms with Crippen LogP contribution >= 0.6 is 15.9 Å². The van der Waals surface area contributed by atoms with Crippen molar-refractivity contribution >= 4 is 27.9 Å². The highest BCUT2D eigenvalue weighted by Crippen LogP contribution is 2.48. The zero-order valence-electron chi connectivity index (χ0n) is 10.1. The van der Waals surface area contributed by atoms with Crippen molar-refractivity contribution in [1.29, 1.82) is 0 Å². The van der Waals surface area contributed by atoms with E-state index in [0.29, 0.717) is 10.3 Å². The van der Waals surface area contributed by atoms with Gasteiger partial charge in [0, 0.05) is 6.42 Å². The second kappa shape index (κ2) is 3.35. The van der Waals surface area contributed by atoms with E-state index in [1.807, 2.05) is 0 Å². The first kappa shape index (κ1) is 12.2. The van der Waals surface area contributed by atoms with Crippen molar-refractivity contribution in [2.24, 2.45) is 0 Å². The van der Waals surface area contributed by atoms with E-state index in [4.69, 9.17) is 0 Å². The van der Waals surface area contributed by atoms with Gasteiger partial charge in [-0.3, -0.25) is 4.79 Å². The van der Waals surface area contributed by atoms with Gasteiger partial charge in [0.2, 0.25) is 5.72 Å². The van der Waals surface area contributed by atoms with Crippen LogP contribution in [-0.2, 0) is 0 Å². The molecule has 0 aromatic carbocycles. The molecule has 1 aliphatic carbocycles. The fourth-order valence-electron chi connectivity index (χ4n) is 3.43. The highest BCUT2D eigenvalue weighted by atomic mass is 79.9. The van der Waals surface area contributed by atoms with E-state index in [0.717, 1.165) is 0 Å². The van der Waals surface area contributed by atoms with Crippen LogP contribution in [0.2, 0.25) is 0 Å². The summed E-state index contributed by atoms with van der Waals surface area (Å²) in [5.41, 5.74) is -3.32. The summed E-state index contributed by atoms with van der Waals surface area (Å²) in [6.07, 6.45) is 0.0769. The second-order valence-electron chi connectivity index (χ2n) is 5.34. The molecule has 0 unspecified atom stereocenters. The van der Waals surface area contributed by atoms with Gasteiger partial charge >= 0.3 is 6.03 Å². The Morgan fingerprint density at radius 3 is 2.80 bits per heavy atom. The lowest BCUT2D eigenvalue weighted by atomic mass is 10.0. The van der Waals surface area contributed by atoms with E-state index in [2.05, 4.69) is 31.9 Å². The number of fused-ring (bicyclic) bond motifs is 5. The first-order valence-electron chi connectivity index (χ1n) is 6.08. The zero-order valence-corrected chi connectivity index (χ0v) is 11.6. The first-order chi connectivity index (χ1) is 9.36. The number of nitrogens with one attached hydrogen (secondary N) is 3. The fraction of sp³-hybridized carbons (Fsp3) is 0.455. The minimum Gasteiger partial charge on any atom is -0.367 e. The summed E-state index contributed by atoms with van der Waals surface area (Å²) in [4.78, 5) is 23.5. The molecule has 1 aromatic heterocycles. The lowest BCUT2D eigenvalue weighted by Crippen LogP contribution is -2.67. The number of carbonyl (C=O) groups excluding carboxylic acids is 2. The van der Waals surface area contributed by atoms with Gasteiger partial charge in [-0.2, -0.15) is 0 Å². The number of halogens is 1. The van der Waals surface area contributed by atoms with Crippen LogP contribution in [0.4, 0.5) is 4.79 Å². The summed E-state index contributed by atoms with van der Waals surface area (Å²) >= 11 is 3.35. The smallest absolute Gasteiger partial charge is 0.319 e. The third-order valence-electron chi connectivity index (χ3n) is 4.31. The van der Waals surface area contributed by atoms with Crippen molar-refractivity contribution in [1.82, 2.24) is 20.5 Å². The molecule has 2 aliphatic heterocycles. The Hall–Kier alpha value is -1.58. The summed E-state index contributed by atoms with van der Waals surface area (Å²) in [5, 5.41) is 28.4. The molecule has 106 valence electrons. The summed E-state index contributed by atoms with van der Waals surface area (Å²) in [7, 11) is 0. The summed E-state index contributed by atoms with van der Waals surface area (Å²) in [5.74, 6) is -0.365. The largest absolute Gasteiger partial charge is 0.367 e. The maximum absolute atomic E-state index is 12.1. The Morgan fingerprint density at radius 2 is 2.05 bits per heavy atom. The molecule has 4 rings (SSSR count). The van der Waals surface area contributed by atoms with E-state index in [-0.39, 0.29) is 18.4 Å². The van der Waals surface area contributed by atoms with Gasteiger partial charge in [-0.15, -0.1) is 0 Å². The Kier molecular flexibility index (Phi) is 2.04. The van der Waals surface area contributed by atoms with Crippen molar-refractivity contribution in [2.45, 2.75) is 30.0 Å². The van der Waals surface area contributed by atoms with Crippen molar-refractivity contribution in [3.05, 3.63) is 22.4 Å². The van der Waals surface area contributed by atoms with Gasteiger partial charge in [-0.25, -0.2) is 4.79 Å². The normalized spacial score (nSPS) is 41.4. The van der Waals surface area contributed by atoms with Crippen molar-refractivity contribution in [3.63, 3.8) is 0 Å². The van der Waals surface area contributed by atoms with E-state index in [1.54, 1.807) is 16.7 Å². The van der Waals surface area contributed by atoms with Gasteiger partial charge in [-0.1, -0.05) is 0 Å². The molecule has 3 heterocycles. The first-order valence-corrected chi connectivity index (χ1v) is 6.88. The number of rotatable bonds is 0. The minimum atomic E-state index is -1.94. The SMILES string of the molecule is O=C1N[C@]2(O)C[C@@H]3[C@@H](NC(=O)c4ccc(Br)n43)[C@]2(O)N1. The Balaban J connectivity index is 1.88. The van der Waals surface area contributed by atoms with Crippen LogP contribution in [0.5, 0.6) is 0 Å². The van der Waals surface area contributed by atoms with Crippen LogP contribution in [0, 0.1) is 0 Å². The molecular weight excluding hydrogens is 332 g/mol. The van der Waals surface area contributed by atoms with Crippen LogP contribution in [-0.4, -0.2) is 44.2 Å². The van der Waals surface area contributed by atoms with Crippen LogP contribution in [0.1, 0.15) is 23.0 Å². The highest BCUT2D eigenvalue weighted by molar-refractivity contribution is 9.10. The van der Waals surface area contributed by atoms with Crippen molar-refractivity contribution in [2.75, 3.05) is 0 Å². The quantitative estimate of drug-likeness (QED) is 0.415. The molecule has 2 fully saturated rings. The van der Waals surface area contributed by atoms with Crippen LogP contribution in [0.15, 0.2) is 16.7 Å². The molecule has 8 nitrogen and oxygen atoms in total. The zero-order chi connectivity index (χ0) is 14.3. The van der Waals surface area contributed by atoms with Crippen molar-refractivity contribution < 1.29 is 19.8 Å². The van der Waals surface area contributed by atoms with Gasteiger partial charge in [0.15, 0.2) is 5.72 Å². The standard InChI is InChI=1S/C11H11BrN4O4/c12-6-2-1-4-8(17)13-7-5(16(4)6)3-10(19)11(7,20)15-9(18)14-10/h1-2,5,7,19-20H,3H2,(H,13,17)(H2,14,15,18)/t5-,7-,10+,11-/m1/s1. The van der Waals surface area contributed by atoms with E-state index in [9.17, 15) is 19.8 Å². The lowest BCUT2D eigenvalue weighted by molar-refractivity contribution is -0.139. The number of hydrogen-bond acceptors (Lipinski definition) is 4. The van der Waals surface area contributed by atoms with Gasteiger partial charge in [0.05, 0.1) is 10.6 Å². The van der Waals surface area contributed by atoms with Crippen molar-refractivity contribution in [3.8, 4) is 0 Å². The van der Waals surface area contributed by atoms with Crippen LogP contribution < -0.4 is 16.0 Å². The number of aromatic nitrogens is 1. The number of carbonyl (C=O) groups is 2. The average molecular weight is 343 g/mol. The topological polar surface area (TPSA) is 116 Å². The second-order valence-corrected chi connectivity index (χ2v) is 6.15. The maximum Gasteiger partial charge on any atom is 0.319 e.